The number of carbonyl (C=O) groups is 1. The van der Waals surface area contributed by atoms with Gasteiger partial charge in [0.05, 0.1) is 12.0 Å². The molecule has 1 aromatic carbocycles. The number of pyridine rings is 1. The van der Waals surface area contributed by atoms with E-state index in [9.17, 15) is 4.79 Å². The molecule has 0 saturated heterocycles. The Hall–Kier alpha value is -2.89. The summed E-state index contributed by atoms with van der Waals surface area (Å²) in [4.78, 5) is 12.6. The van der Waals surface area contributed by atoms with E-state index in [4.69, 9.17) is 4.74 Å². The zero-order valence-corrected chi connectivity index (χ0v) is 13.3. The molecule has 0 unspecified atom stereocenters. The molecular weight excluding hydrogens is 304 g/mol. The largest absolute Gasteiger partial charge is 0.492 e. The molecule has 0 spiro atoms. The minimum atomic E-state index is -0.230. The van der Waals surface area contributed by atoms with E-state index in [1.165, 1.54) is 0 Å². The van der Waals surface area contributed by atoms with Crippen LogP contribution in [0.25, 0.3) is 5.65 Å². The number of ether oxygens (including phenoxy) is 1. The highest BCUT2D eigenvalue weighted by atomic mass is 16.5. The predicted molar refractivity (Wildman–Crippen MR) is 88.7 cm³/mol. The van der Waals surface area contributed by atoms with Crippen LogP contribution in [0.1, 0.15) is 24.4 Å². The summed E-state index contributed by atoms with van der Waals surface area (Å²) in [6.07, 6.45) is 2.59. The average molecular weight is 322 g/mol. The molecule has 4 rings (SSSR count). The van der Waals surface area contributed by atoms with Crippen LogP contribution >= 0.6 is 0 Å². The number of hydrogen-bond acceptors (Lipinski definition) is 4. The van der Waals surface area contributed by atoms with Crippen molar-refractivity contribution in [3.05, 3.63) is 60.0 Å². The lowest BCUT2D eigenvalue weighted by molar-refractivity contribution is -0.127. The lowest BCUT2D eigenvalue weighted by Gasteiger charge is -2.25. The van der Waals surface area contributed by atoms with Crippen LogP contribution in [0.15, 0.2) is 48.7 Å². The second-order valence-electron chi connectivity index (χ2n) is 6.04. The lowest BCUT2D eigenvalue weighted by atomic mass is 9.96. The van der Waals surface area contributed by atoms with Crippen LogP contribution in [0.2, 0.25) is 0 Å². The normalized spacial score (nSPS) is 17.8. The van der Waals surface area contributed by atoms with Gasteiger partial charge < -0.3 is 10.1 Å². The molecule has 0 saturated carbocycles. The summed E-state index contributed by atoms with van der Waals surface area (Å²) in [5.41, 5.74) is 1.84. The van der Waals surface area contributed by atoms with Crippen molar-refractivity contribution in [2.75, 3.05) is 6.61 Å². The highest BCUT2D eigenvalue weighted by molar-refractivity contribution is 5.80. The van der Waals surface area contributed by atoms with E-state index in [1.54, 1.807) is 0 Å². The Bertz CT molecular complexity index is 889. The second kappa shape index (κ2) is 5.96. The summed E-state index contributed by atoms with van der Waals surface area (Å²) in [6, 6.07) is 13.3. The van der Waals surface area contributed by atoms with Gasteiger partial charge in [0.15, 0.2) is 11.5 Å². The fraction of sp³-hybridized carbons (Fsp3) is 0.278. The molecule has 1 aliphatic rings. The highest BCUT2D eigenvalue weighted by Gasteiger charge is 2.27. The predicted octanol–water partition coefficient (Wildman–Crippen LogP) is 2.16. The molecule has 0 bridgehead atoms. The van der Waals surface area contributed by atoms with Gasteiger partial charge in [-0.1, -0.05) is 24.3 Å². The third-order valence-corrected chi connectivity index (χ3v) is 4.34. The molecule has 6 heteroatoms. The third kappa shape index (κ3) is 2.60. The standard InChI is InChI=1S/C18H18N4O2/c1-12(17-21-20-16-8-4-5-9-22(16)17)19-18(23)14-10-13-6-2-3-7-15(13)24-11-14/h2-9,12,14H,10-11H2,1H3,(H,19,23)/t12-,14-/m0/s1. The number of nitrogens with zero attached hydrogens (tertiary/aromatic N) is 3. The van der Waals surface area contributed by atoms with Crippen molar-refractivity contribution in [3.8, 4) is 5.75 Å². The Kier molecular flexibility index (Phi) is 3.65. The minimum Gasteiger partial charge on any atom is -0.492 e. The Balaban J connectivity index is 1.48. The number of amides is 1. The molecule has 1 amide bonds. The first-order valence-electron chi connectivity index (χ1n) is 8.03. The van der Waals surface area contributed by atoms with E-state index in [-0.39, 0.29) is 17.9 Å². The molecule has 6 nitrogen and oxygen atoms in total. The summed E-state index contributed by atoms with van der Waals surface area (Å²) in [5, 5.41) is 11.4. The molecule has 2 aromatic heterocycles. The van der Waals surface area contributed by atoms with Gasteiger partial charge in [0.2, 0.25) is 5.91 Å². The van der Waals surface area contributed by atoms with Crippen LogP contribution in [-0.4, -0.2) is 27.1 Å². The van der Waals surface area contributed by atoms with Gasteiger partial charge in [-0.15, -0.1) is 10.2 Å². The Labute approximate surface area is 139 Å². The van der Waals surface area contributed by atoms with Crippen LogP contribution in [0.3, 0.4) is 0 Å². The van der Waals surface area contributed by atoms with Crippen LogP contribution in [0.4, 0.5) is 0 Å². The van der Waals surface area contributed by atoms with Crippen molar-refractivity contribution in [2.45, 2.75) is 19.4 Å². The number of rotatable bonds is 3. The fourth-order valence-corrected chi connectivity index (χ4v) is 3.05. The van der Waals surface area contributed by atoms with E-state index < -0.39 is 0 Å². The van der Waals surface area contributed by atoms with Crippen molar-refractivity contribution < 1.29 is 9.53 Å². The Morgan fingerprint density at radius 3 is 3.00 bits per heavy atom. The van der Waals surface area contributed by atoms with E-state index in [0.29, 0.717) is 13.0 Å². The smallest absolute Gasteiger partial charge is 0.227 e. The summed E-state index contributed by atoms with van der Waals surface area (Å²) in [7, 11) is 0. The highest BCUT2D eigenvalue weighted by Crippen LogP contribution is 2.27. The molecular formula is C18H18N4O2. The second-order valence-corrected chi connectivity index (χ2v) is 6.04. The summed E-state index contributed by atoms with van der Waals surface area (Å²) >= 11 is 0. The van der Waals surface area contributed by atoms with Gasteiger partial charge in [-0.2, -0.15) is 0 Å². The van der Waals surface area contributed by atoms with E-state index in [0.717, 1.165) is 22.8 Å². The first kappa shape index (κ1) is 14.7. The average Bonchev–Trinajstić information content (AvgIpc) is 3.05. The maximum absolute atomic E-state index is 12.6. The van der Waals surface area contributed by atoms with Crippen molar-refractivity contribution >= 4 is 11.6 Å². The maximum atomic E-state index is 12.6. The van der Waals surface area contributed by atoms with Crippen LogP contribution in [0.5, 0.6) is 5.75 Å². The third-order valence-electron chi connectivity index (χ3n) is 4.34. The number of aromatic nitrogens is 3. The molecule has 3 heterocycles. The minimum absolute atomic E-state index is 0.0234. The molecule has 2 atom stereocenters. The quantitative estimate of drug-likeness (QED) is 0.802. The molecule has 3 aromatic rings. The van der Waals surface area contributed by atoms with Crippen LogP contribution in [0, 0.1) is 5.92 Å². The van der Waals surface area contributed by atoms with Crippen molar-refractivity contribution in [3.63, 3.8) is 0 Å². The lowest BCUT2D eigenvalue weighted by Crippen LogP contribution is -2.39. The number of hydrogen-bond donors (Lipinski definition) is 1. The Morgan fingerprint density at radius 2 is 2.08 bits per heavy atom. The van der Waals surface area contributed by atoms with Gasteiger partial charge in [0, 0.05) is 6.20 Å². The Morgan fingerprint density at radius 1 is 1.25 bits per heavy atom. The molecule has 0 aliphatic carbocycles. The topological polar surface area (TPSA) is 68.5 Å². The number of para-hydroxylation sites is 1. The monoisotopic (exact) mass is 322 g/mol. The number of fused-ring (bicyclic) bond motifs is 2. The zero-order valence-electron chi connectivity index (χ0n) is 13.3. The van der Waals surface area contributed by atoms with Gasteiger partial charge in [-0.3, -0.25) is 9.20 Å². The first-order valence-corrected chi connectivity index (χ1v) is 8.03. The van der Waals surface area contributed by atoms with E-state index >= 15 is 0 Å². The fourth-order valence-electron chi connectivity index (χ4n) is 3.05. The number of carbonyl (C=O) groups excluding carboxylic acids is 1. The molecule has 1 N–H and O–H groups in total. The van der Waals surface area contributed by atoms with E-state index in [2.05, 4.69) is 15.5 Å². The number of benzene rings is 1. The SMILES string of the molecule is C[C@H](NC(=O)[C@@H]1COc2ccccc2C1)c1nnc2ccccn12. The van der Waals surface area contributed by atoms with E-state index in [1.807, 2.05) is 60.0 Å². The van der Waals surface area contributed by atoms with Gasteiger partial charge >= 0.3 is 0 Å². The molecule has 0 radical (unpaired) electrons. The van der Waals surface area contributed by atoms with Crippen molar-refractivity contribution in [1.29, 1.82) is 0 Å². The zero-order chi connectivity index (χ0) is 16.5. The first-order chi connectivity index (χ1) is 11.7. The van der Waals surface area contributed by atoms with Crippen molar-refractivity contribution in [2.24, 2.45) is 5.92 Å². The number of nitrogens with one attached hydrogen (secondary N) is 1. The summed E-state index contributed by atoms with van der Waals surface area (Å²) < 4.78 is 7.59. The molecule has 1 aliphatic heterocycles. The van der Waals surface area contributed by atoms with Gasteiger partial charge in [-0.25, -0.2) is 0 Å². The van der Waals surface area contributed by atoms with Gasteiger partial charge in [0.1, 0.15) is 12.4 Å². The van der Waals surface area contributed by atoms with Crippen molar-refractivity contribution in [1.82, 2.24) is 19.9 Å². The van der Waals surface area contributed by atoms with Gasteiger partial charge in [0.25, 0.3) is 0 Å². The van der Waals surface area contributed by atoms with Crippen LogP contribution < -0.4 is 10.1 Å². The molecule has 24 heavy (non-hydrogen) atoms. The van der Waals surface area contributed by atoms with Crippen LogP contribution in [-0.2, 0) is 11.2 Å². The molecule has 0 fully saturated rings. The molecule has 122 valence electrons. The summed E-state index contributed by atoms with van der Waals surface area (Å²) in [6.45, 7) is 2.31. The summed E-state index contributed by atoms with van der Waals surface area (Å²) in [5.74, 6) is 1.38. The maximum Gasteiger partial charge on any atom is 0.227 e. The van der Waals surface area contributed by atoms with Gasteiger partial charge in [-0.05, 0) is 37.1 Å².